The number of rotatable bonds is 7. The fourth-order valence-electron chi connectivity index (χ4n) is 4.07. The second-order valence-corrected chi connectivity index (χ2v) is 8.38. The van der Waals surface area contributed by atoms with Crippen molar-refractivity contribution in [1.29, 1.82) is 5.26 Å². The maximum absolute atomic E-state index is 9.64. The molecule has 0 saturated carbocycles. The molecule has 2 aromatic heterocycles. The van der Waals surface area contributed by atoms with Gasteiger partial charge in [0.25, 0.3) is 0 Å². The molecule has 2 N–H and O–H groups in total. The molecule has 1 aliphatic rings. The Balaban J connectivity index is 1.42. The quantitative estimate of drug-likeness (QED) is 0.396. The normalized spacial score (nSPS) is 13.8. The molecule has 0 spiro atoms. The van der Waals surface area contributed by atoms with Crippen molar-refractivity contribution in [3.8, 4) is 23.3 Å². The molecule has 0 atom stereocenters. The summed E-state index contributed by atoms with van der Waals surface area (Å²) in [6, 6.07) is 15.6. The van der Waals surface area contributed by atoms with Crippen LogP contribution in [0.15, 0.2) is 65.5 Å². The molecule has 0 amide bonds. The molecule has 10 heteroatoms. The lowest BCUT2D eigenvalue weighted by Crippen LogP contribution is -2.44. The van der Waals surface area contributed by atoms with Crippen LogP contribution in [0.3, 0.4) is 0 Å². The van der Waals surface area contributed by atoms with Crippen LogP contribution < -0.4 is 20.3 Å². The Bertz CT molecular complexity index is 1380. The third-order valence-corrected chi connectivity index (χ3v) is 6.03. The number of methoxy groups -OCH3 is 1. The monoisotopic (exact) mass is 482 g/mol. The lowest BCUT2D eigenvalue weighted by atomic mass is 10.1. The van der Waals surface area contributed by atoms with Gasteiger partial charge < -0.3 is 29.6 Å². The molecule has 10 nitrogen and oxygen atoms in total. The van der Waals surface area contributed by atoms with E-state index in [1.54, 1.807) is 13.3 Å². The van der Waals surface area contributed by atoms with Crippen LogP contribution in [-0.4, -0.2) is 60.2 Å². The Morgan fingerprint density at radius 2 is 1.89 bits per heavy atom. The molecule has 182 valence electrons. The van der Waals surface area contributed by atoms with Crippen LogP contribution in [0.2, 0.25) is 0 Å². The number of piperazine rings is 1. The zero-order valence-electron chi connectivity index (χ0n) is 20.1. The topological polar surface area (TPSA) is 115 Å². The van der Waals surface area contributed by atoms with E-state index < -0.39 is 0 Å². The predicted octanol–water partition coefficient (Wildman–Crippen LogP) is 4.25. The van der Waals surface area contributed by atoms with Gasteiger partial charge in [0, 0.05) is 31.9 Å². The summed E-state index contributed by atoms with van der Waals surface area (Å²) in [5.41, 5.74) is 3.62. The summed E-state index contributed by atoms with van der Waals surface area (Å²) in [4.78, 5) is 17.8. The molecule has 5 rings (SSSR count). The van der Waals surface area contributed by atoms with Crippen LogP contribution in [-0.2, 0) is 0 Å². The van der Waals surface area contributed by atoms with Gasteiger partial charge in [-0.05, 0) is 37.4 Å². The van der Waals surface area contributed by atoms with Crippen LogP contribution in [0.5, 0.6) is 5.75 Å². The highest BCUT2D eigenvalue weighted by Gasteiger charge is 2.19. The molecule has 3 heterocycles. The number of oxazole rings is 1. The predicted molar refractivity (Wildman–Crippen MR) is 138 cm³/mol. The van der Waals surface area contributed by atoms with E-state index >= 15 is 0 Å². The number of hydrogen-bond donors (Lipinski definition) is 2. The van der Waals surface area contributed by atoms with Crippen molar-refractivity contribution in [3.63, 3.8) is 0 Å². The number of hydrogen-bond acceptors (Lipinski definition) is 10. The van der Waals surface area contributed by atoms with Crippen molar-refractivity contribution in [2.24, 2.45) is 0 Å². The summed E-state index contributed by atoms with van der Waals surface area (Å²) in [6.45, 7) is 3.82. The third kappa shape index (κ3) is 4.92. The molecule has 0 radical (unpaired) electrons. The van der Waals surface area contributed by atoms with Gasteiger partial charge >= 0.3 is 0 Å². The highest BCUT2D eigenvalue weighted by Crippen LogP contribution is 2.33. The van der Waals surface area contributed by atoms with Crippen LogP contribution in [0.4, 0.5) is 28.8 Å². The van der Waals surface area contributed by atoms with Gasteiger partial charge in [0.1, 0.15) is 23.6 Å². The van der Waals surface area contributed by atoms with Gasteiger partial charge in [-0.2, -0.15) is 10.2 Å². The van der Waals surface area contributed by atoms with Crippen LogP contribution in [0, 0.1) is 11.3 Å². The molecule has 0 bridgehead atoms. The number of nitrogens with one attached hydrogen (secondary N) is 2. The minimum Gasteiger partial charge on any atom is -0.495 e. The fourth-order valence-corrected chi connectivity index (χ4v) is 4.07. The second-order valence-electron chi connectivity index (χ2n) is 8.38. The lowest BCUT2D eigenvalue weighted by molar-refractivity contribution is 0.311. The van der Waals surface area contributed by atoms with Gasteiger partial charge in [0.05, 0.1) is 36.4 Å². The lowest BCUT2D eigenvalue weighted by Gasteiger charge is -2.34. The number of likely N-dealkylation sites (N-methyl/N-ethyl adjacent to an activating group) is 1. The van der Waals surface area contributed by atoms with Crippen molar-refractivity contribution in [3.05, 3.63) is 66.7 Å². The Morgan fingerprint density at radius 1 is 1.06 bits per heavy atom. The van der Waals surface area contributed by atoms with E-state index in [0.717, 1.165) is 48.9 Å². The van der Waals surface area contributed by atoms with E-state index in [4.69, 9.17) is 9.15 Å². The molecule has 2 aromatic carbocycles. The molecular weight excluding hydrogens is 456 g/mol. The Labute approximate surface area is 209 Å². The summed E-state index contributed by atoms with van der Waals surface area (Å²) in [7, 11) is 3.81. The van der Waals surface area contributed by atoms with E-state index in [-0.39, 0.29) is 0 Å². The second kappa shape index (κ2) is 10.3. The van der Waals surface area contributed by atoms with Crippen LogP contribution in [0.25, 0.3) is 11.5 Å². The van der Waals surface area contributed by atoms with E-state index in [1.165, 1.54) is 12.5 Å². The largest absolute Gasteiger partial charge is 0.495 e. The Morgan fingerprint density at radius 3 is 2.64 bits per heavy atom. The van der Waals surface area contributed by atoms with Crippen molar-refractivity contribution in [2.75, 3.05) is 55.9 Å². The molecule has 0 aliphatic carbocycles. The van der Waals surface area contributed by atoms with Crippen molar-refractivity contribution in [1.82, 2.24) is 19.9 Å². The standard InChI is InChI=1S/C26H26N8O2/c1-33-10-12-34(13-11-33)22-15-19(7-8-23(22)35-2)30-26-29-17-18(16-27)24(32-26)31-21-6-4-3-5-20(21)25-28-9-14-36-25/h3-9,14-15,17H,10-13H2,1-2H3,(H2,29,30,31,32). The first-order valence-electron chi connectivity index (χ1n) is 11.6. The van der Waals surface area contributed by atoms with Gasteiger partial charge in [0.2, 0.25) is 11.8 Å². The van der Waals surface area contributed by atoms with E-state index in [0.29, 0.717) is 28.9 Å². The number of nitrogens with zero attached hydrogens (tertiary/aromatic N) is 6. The molecule has 0 unspecified atom stereocenters. The van der Waals surface area contributed by atoms with E-state index in [1.807, 2.05) is 42.5 Å². The molecule has 4 aromatic rings. The average Bonchev–Trinajstić information content (AvgIpc) is 3.45. The summed E-state index contributed by atoms with van der Waals surface area (Å²) >= 11 is 0. The molecule has 36 heavy (non-hydrogen) atoms. The van der Waals surface area contributed by atoms with Gasteiger partial charge in [0.15, 0.2) is 5.82 Å². The van der Waals surface area contributed by atoms with Crippen molar-refractivity contribution < 1.29 is 9.15 Å². The highest BCUT2D eigenvalue weighted by atomic mass is 16.5. The van der Waals surface area contributed by atoms with Crippen LogP contribution >= 0.6 is 0 Å². The van der Waals surface area contributed by atoms with Gasteiger partial charge in [-0.3, -0.25) is 0 Å². The average molecular weight is 483 g/mol. The summed E-state index contributed by atoms with van der Waals surface area (Å²) in [5.74, 6) is 2.02. The minimum atomic E-state index is 0.315. The number of aromatic nitrogens is 3. The third-order valence-electron chi connectivity index (χ3n) is 6.03. The number of nitriles is 1. The summed E-state index contributed by atoms with van der Waals surface area (Å²) < 4.78 is 11.1. The van der Waals surface area contributed by atoms with E-state index in [9.17, 15) is 5.26 Å². The summed E-state index contributed by atoms with van der Waals surface area (Å²) in [6.07, 6.45) is 4.60. The first kappa shape index (κ1) is 23.1. The number of anilines is 5. The Hall–Kier alpha value is -4.62. The maximum Gasteiger partial charge on any atom is 0.229 e. The Kier molecular flexibility index (Phi) is 6.64. The SMILES string of the molecule is COc1ccc(Nc2ncc(C#N)c(Nc3ccccc3-c3ncco3)n2)cc1N1CCN(C)CC1. The highest BCUT2D eigenvalue weighted by molar-refractivity contribution is 5.78. The zero-order chi connectivity index (χ0) is 24.9. The molecular formula is C26H26N8O2. The molecule has 1 saturated heterocycles. The van der Waals surface area contributed by atoms with Crippen molar-refractivity contribution in [2.45, 2.75) is 0 Å². The van der Waals surface area contributed by atoms with E-state index in [2.05, 4.69) is 48.5 Å². The van der Waals surface area contributed by atoms with Gasteiger partial charge in [-0.1, -0.05) is 12.1 Å². The minimum absolute atomic E-state index is 0.315. The number of ether oxygens (including phenoxy) is 1. The fraction of sp³-hybridized carbons (Fsp3) is 0.231. The van der Waals surface area contributed by atoms with Gasteiger partial charge in [-0.15, -0.1) is 0 Å². The van der Waals surface area contributed by atoms with Gasteiger partial charge in [-0.25, -0.2) is 9.97 Å². The first-order chi connectivity index (χ1) is 17.6. The maximum atomic E-state index is 9.64. The summed E-state index contributed by atoms with van der Waals surface area (Å²) in [5, 5.41) is 16.2. The smallest absolute Gasteiger partial charge is 0.229 e. The molecule has 1 aliphatic heterocycles. The number of benzene rings is 2. The van der Waals surface area contributed by atoms with Crippen LogP contribution in [0.1, 0.15) is 5.56 Å². The van der Waals surface area contributed by atoms with Crippen molar-refractivity contribution >= 4 is 28.8 Å². The number of para-hydroxylation sites is 1. The first-order valence-corrected chi connectivity index (χ1v) is 11.6. The molecule has 1 fully saturated rings. The zero-order valence-corrected chi connectivity index (χ0v) is 20.1.